The van der Waals surface area contributed by atoms with Gasteiger partial charge < -0.3 is 5.32 Å². The van der Waals surface area contributed by atoms with Crippen LogP contribution in [0.1, 0.15) is 36.8 Å². The highest BCUT2D eigenvalue weighted by Gasteiger charge is 2.21. The molecular formula is C17H26F2N2. The van der Waals surface area contributed by atoms with Gasteiger partial charge in [0.25, 0.3) is 6.43 Å². The third kappa shape index (κ3) is 5.36. The van der Waals surface area contributed by atoms with Gasteiger partial charge in [-0.1, -0.05) is 36.8 Å². The zero-order valence-corrected chi connectivity index (χ0v) is 13.0. The van der Waals surface area contributed by atoms with Crippen molar-refractivity contribution >= 4 is 0 Å². The van der Waals surface area contributed by atoms with Crippen LogP contribution in [0.25, 0.3) is 0 Å². The van der Waals surface area contributed by atoms with Crippen LogP contribution in [-0.2, 0) is 0 Å². The van der Waals surface area contributed by atoms with Gasteiger partial charge in [-0.2, -0.15) is 0 Å². The topological polar surface area (TPSA) is 15.3 Å². The molecule has 2 nitrogen and oxygen atoms in total. The average Bonchev–Trinajstić information content (AvgIpc) is 2.45. The molecule has 1 aliphatic rings. The number of likely N-dealkylation sites (tertiary alicyclic amines) is 1. The number of piperidine rings is 1. The van der Waals surface area contributed by atoms with Crippen LogP contribution >= 0.6 is 0 Å². The van der Waals surface area contributed by atoms with E-state index in [0.29, 0.717) is 12.0 Å². The van der Waals surface area contributed by atoms with Crippen molar-refractivity contribution in [1.29, 1.82) is 0 Å². The van der Waals surface area contributed by atoms with E-state index in [4.69, 9.17) is 0 Å². The molecule has 2 rings (SSSR count). The highest BCUT2D eigenvalue weighted by Crippen LogP contribution is 2.17. The van der Waals surface area contributed by atoms with E-state index in [0.717, 1.165) is 32.5 Å². The van der Waals surface area contributed by atoms with Crippen LogP contribution in [0.2, 0.25) is 0 Å². The number of halogens is 2. The van der Waals surface area contributed by atoms with Crippen molar-refractivity contribution in [3.63, 3.8) is 0 Å². The Morgan fingerprint density at radius 1 is 1.29 bits per heavy atom. The number of nitrogens with one attached hydrogen (secondary N) is 1. The largest absolute Gasteiger partial charge is 0.313 e. The smallest absolute Gasteiger partial charge is 0.251 e. The highest BCUT2D eigenvalue weighted by molar-refractivity contribution is 5.25. The summed E-state index contributed by atoms with van der Waals surface area (Å²) < 4.78 is 24.7. The first-order valence-corrected chi connectivity index (χ1v) is 7.85. The van der Waals surface area contributed by atoms with Gasteiger partial charge in [-0.3, -0.25) is 4.90 Å². The van der Waals surface area contributed by atoms with Crippen LogP contribution in [0.5, 0.6) is 0 Å². The van der Waals surface area contributed by atoms with E-state index >= 15 is 0 Å². The molecular weight excluding hydrogens is 270 g/mol. The summed E-state index contributed by atoms with van der Waals surface area (Å²) in [4.78, 5) is 1.87. The lowest BCUT2D eigenvalue weighted by molar-refractivity contribution is 0.0730. The lowest BCUT2D eigenvalue weighted by Gasteiger charge is -2.32. The standard InChI is InChI=1S/C17H26F2N2/c1-13-4-3-5-15(10-13)14(2)11-20-16-6-8-21(9-7-16)12-17(18)19/h3-5,10,14,16-17,20H,6-9,11-12H2,1-2H3. The van der Waals surface area contributed by atoms with E-state index in [-0.39, 0.29) is 6.54 Å². The van der Waals surface area contributed by atoms with Crippen molar-refractivity contribution in [1.82, 2.24) is 10.2 Å². The van der Waals surface area contributed by atoms with Gasteiger partial charge in [-0.25, -0.2) is 8.78 Å². The molecule has 1 aromatic rings. The van der Waals surface area contributed by atoms with Crippen molar-refractivity contribution in [2.45, 2.75) is 45.1 Å². The molecule has 0 aromatic heterocycles. The second-order valence-corrected chi connectivity index (χ2v) is 6.19. The molecule has 1 saturated heterocycles. The number of rotatable bonds is 6. The fourth-order valence-electron chi connectivity index (χ4n) is 2.95. The summed E-state index contributed by atoms with van der Waals surface area (Å²) in [7, 11) is 0. The number of nitrogens with zero attached hydrogens (tertiary/aromatic N) is 1. The van der Waals surface area contributed by atoms with Gasteiger partial charge in [-0.15, -0.1) is 0 Å². The summed E-state index contributed by atoms with van der Waals surface area (Å²) in [6.45, 7) is 6.77. The fourth-order valence-corrected chi connectivity index (χ4v) is 2.95. The zero-order valence-electron chi connectivity index (χ0n) is 13.0. The van der Waals surface area contributed by atoms with Crippen molar-refractivity contribution in [2.75, 3.05) is 26.2 Å². The molecule has 1 fully saturated rings. The van der Waals surface area contributed by atoms with Gasteiger partial charge in [0.15, 0.2) is 0 Å². The number of aryl methyl sites for hydroxylation is 1. The molecule has 0 amide bonds. The third-order valence-electron chi connectivity index (χ3n) is 4.31. The first kappa shape index (κ1) is 16.4. The Hall–Kier alpha value is -1.00. The second kappa shape index (κ2) is 7.85. The lowest BCUT2D eigenvalue weighted by atomic mass is 9.98. The van der Waals surface area contributed by atoms with E-state index < -0.39 is 6.43 Å². The molecule has 0 spiro atoms. The fraction of sp³-hybridized carbons (Fsp3) is 0.647. The number of benzene rings is 1. The van der Waals surface area contributed by atoms with Crippen LogP contribution in [0, 0.1) is 6.92 Å². The van der Waals surface area contributed by atoms with Gasteiger partial charge in [0, 0.05) is 12.6 Å². The maximum Gasteiger partial charge on any atom is 0.251 e. The molecule has 1 heterocycles. The van der Waals surface area contributed by atoms with Crippen molar-refractivity contribution < 1.29 is 8.78 Å². The first-order valence-electron chi connectivity index (χ1n) is 7.85. The highest BCUT2D eigenvalue weighted by atomic mass is 19.3. The Kier molecular flexibility index (Phi) is 6.12. The van der Waals surface area contributed by atoms with E-state index in [1.54, 1.807) is 0 Å². The molecule has 1 aromatic carbocycles. The molecule has 1 unspecified atom stereocenters. The van der Waals surface area contributed by atoms with Crippen LogP contribution in [0.15, 0.2) is 24.3 Å². The Labute approximate surface area is 126 Å². The summed E-state index contributed by atoms with van der Waals surface area (Å²) in [5.41, 5.74) is 2.65. The summed E-state index contributed by atoms with van der Waals surface area (Å²) >= 11 is 0. The van der Waals surface area contributed by atoms with Crippen LogP contribution < -0.4 is 5.32 Å². The molecule has 4 heteroatoms. The Balaban J connectivity index is 1.72. The molecule has 1 atom stereocenters. The molecule has 1 N–H and O–H groups in total. The Bertz CT molecular complexity index is 429. The first-order chi connectivity index (χ1) is 10.0. The molecule has 21 heavy (non-hydrogen) atoms. The molecule has 118 valence electrons. The van der Waals surface area contributed by atoms with E-state index in [1.165, 1.54) is 11.1 Å². The Morgan fingerprint density at radius 3 is 2.62 bits per heavy atom. The third-order valence-corrected chi connectivity index (χ3v) is 4.31. The zero-order chi connectivity index (χ0) is 15.2. The minimum absolute atomic E-state index is 0.0770. The maximum atomic E-state index is 12.3. The minimum atomic E-state index is -2.21. The van der Waals surface area contributed by atoms with Crippen molar-refractivity contribution in [3.8, 4) is 0 Å². The van der Waals surface area contributed by atoms with Crippen LogP contribution in [0.3, 0.4) is 0 Å². The van der Waals surface area contributed by atoms with Gasteiger partial charge in [0.05, 0.1) is 6.54 Å². The summed E-state index contributed by atoms with van der Waals surface area (Å²) in [6, 6.07) is 9.08. The predicted molar refractivity (Wildman–Crippen MR) is 83.1 cm³/mol. The SMILES string of the molecule is Cc1cccc(C(C)CNC2CCN(CC(F)F)CC2)c1. The van der Waals surface area contributed by atoms with Gasteiger partial charge >= 0.3 is 0 Å². The number of alkyl halides is 2. The van der Waals surface area contributed by atoms with Crippen molar-refractivity contribution in [2.24, 2.45) is 0 Å². The van der Waals surface area contributed by atoms with E-state index in [2.05, 4.69) is 43.4 Å². The Morgan fingerprint density at radius 2 is 2.00 bits per heavy atom. The monoisotopic (exact) mass is 296 g/mol. The molecule has 0 radical (unpaired) electrons. The summed E-state index contributed by atoms with van der Waals surface area (Å²) in [5.74, 6) is 0.476. The van der Waals surface area contributed by atoms with Gasteiger partial charge in [-0.05, 0) is 44.3 Å². The number of hydrogen-bond donors (Lipinski definition) is 1. The molecule has 0 saturated carbocycles. The predicted octanol–water partition coefficient (Wildman–Crippen LogP) is 3.42. The van der Waals surface area contributed by atoms with E-state index in [9.17, 15) is 8.78 Å². The molecule has 0 aliphatic carbocycles. The molecule has 0 bridgehead atoms. The second-order valence-electron chi connectivity index (χ2n) is 6.19. The van der Waals surface area contributed by atoms with Crippen LogP contribution in [0.4, 0.5) is 8.78 Å². The quantitative estimate of drug-likeness (QED) is 0.865. The maximum absolute atomic E-state index is 12.3. The minimum Gasteiger partial charge on any atom is -0.313 e. The normalized spacial score (nSPS) is 19.1. The summed E-state index contributed by atoms with van der Waals surface area (Å²) in [5, 5.41) is 3.60. The average molecular weight is 296 g/mol. The van der Waals surface area contributed by atoms with Gasteiger partial charge in [0.1, 0.15) is 0 Å². The van der Waals surface area contributed by atoms with E-state index in [1.807, 2.05) is 4.90 Å². The van der Waals surface area contributed by atoms with Gasteiger partial charge in [0.2, 0.25) is 0 Å². The summed E-state index contributed by atoms with van der Waals surface area (Å²) in [6.07, 6.45) is -0.281. The lowest BCUT2D eigenvalue weighted by Crippen LogP contribution is -2.44. The number of hydrogen-bond acceptors (Lipinski definition) is 2. The van der Waals surface area contributed by atoms with Crippen molar-refractivity contribution in [3.05, 3.63) is 35.4 Å². The molecule has 1 aliphatic heterocycles. The van der Waals surface area contributed by atoms with Crippen LogP contribution in [-0.4, -0.2) is 43.5 Å².